The van der Waals surface area contributed by atoms with E-state index in [1.165, 1.54) is 19.2 Å². The zero-order valence-electron chi connectivity index (χ0n) is 9.79. The molecule has 0 saturated heterocycles. The van der Waals surface area contributed by atoms with Crippen LogP contribution in [0, 0.1) is 5.82 Å². The van der Waals surface area contributed by atoms with E-state index in [2.05, 4.69) is 0 Å². The lowest BCUT2D eigenvalue weighted by Gasteiger charge is -2.23. The molecule has 4 heteroatoms. The van der Waals surface area contributed by atoms with Gasteiger partial charge in [-0.25, -0.2) is 4.39 Å². The fraction of sp³-hybridized carbons (Fsp3) is 0.500. The monoisotopic (exact) mass is 228 g/mol. The minimum absolute atomic E-state index is 0.134. The molecule has 0 aliphatic carbocycles. The van der Waals surface area contributed by atoms with Gasteiger partial charge in [-0.15, -0.1) is 0 Å². The van der Waals surface area contributed by atoms with E-state index < -0.39 is 11.4 Å². The molecule has 0 aromatic heterocycles. The molecule has 0 bridgehead atoms. The fourth-order valence-electron chi connectivity index (χ4n) is 1.39. The summed E-state index contributed by atoms with van der Waals surface area (Å²) in [6.45, 7) is 4.07. The summed E-state index contributed by atoms with van der Waals surface area (Å²) in [4.78, 5) is 0. The highest BCUT2D eigenvalue weighted by atomic mass is 19.1. The second-order valence-electron chi connectivity index (χ2n) is 3.76. The minimum atomic E-state index is -1.19. The van der Waals surface area contributed by atoms with Gasteiger partial charge in [-0.2, -0.15) is 0 Å². The highest BCUT2D eigenvalue weighted by Gasteiger charge is 2.24. The summed E-state index contributed by atoms with van der Waals surface area (Å²) < 4.78 is 23.4. The Morgan fingerprint density at radius 3 is 2.62 bits per heavy atom. The van der Waals surface area contributed by atoms with E-state index in [1.807, 2.05) is 6.92 Å². The maximum Gasteiger partial charge on any atom is 0.165 e. The predicted octanol–water partition coefficient (Wildman–Crippen LogP) is 2.08. The highest BCUT2D eigenvalue weighted by Crippen LogP contribution is 2.26. The summed E-state index contributed by atoms with van der Waals surface area (Å²) in [5, 5.41) is 10.1. The predicted molar refractivity (Wildman–Crippen MR) is 59.0 cm³/mol. The van der Waals surface area contributed by atoms with Crippen LogP contribution in [-0.4, -0.2) is 25.4 Å². The number of hydrogen-bond donors (Lipinski definition) is 1. The summed E-state index contributed by atoms with van der Waals surface area (Å²) in [6.07, 6.45) is 0. The van der Waals surface area contributed by atoms with Crippen LogP contribution in [0.4, 0.5) is 4.39 Å². The van der Waals surface area contributed by atoms with Gasteiger partial charge < -0.3 is 14.6 Å². The molecule has 0 radical (unpaired) electrons. The smallest absolute Gasteiger partial charge is 0.165 e. The summed E-state index contributed by atoms with van der Waals surface area (Å²) in [5.74, 6) is -0.326. The van der Waals surface area contributed by atoms with Crippen LogP contribution in [0.1, 0.15) is 19.4 Å². The molecule has 1 rings (SSSR count). The Balaban J connectivity index is 2.91. The maximum atomic E-state index is 13.4. The zero-order valence-corrected chi connectivity index (χ0v) is 9.79. The third-order valence-corrected chi connectivity index (χ3v) is 2.36. The van der Waals surface area contributed by atoms with Gasteiger partial charge in [0.1, 0.15) is 5.60 Å². The number of methoxy groups -OCH3 is 1. The first-order valence-corrected chi connectivity index (χ1v) is 5.15. The van der Waals surface area contributed by atoms with Gasteiger partial charge in [-0.1, -0.05) is 6.07 Å². The average molecular weight is 228 g/mol. The number of benzene rings is 1. The SMILES string of the molecule is CCOCC(C)(O)c1ccc(OC)c(F)c1. The first-order chi connectivity index (χ1) is 7.51. The molecule has 90 valence electrons. The molecule has 0 amide bonds. The topological polar surface area (TPSA) is 38.7 Å². The molecule has 16 heavy (non-hydrogen) atoms. The second kappa shape index (κ2) is 5.27. The Morgan fingerprint density at radius 1 is 1.44 bits per heavy atom. The van der Waals surface area contributed by atoms with Crippen molar-refractivity contribution in [1.82, 2.24) is 0 Å². The van der Waals surface area contributed by atoms with E-state index in [1.54, 1.807) is 13.0 Å². The first kappa shape index (κ1) is 12.9. The molecular weight excluding hydrogens is 211 g/mol. The first-order valence-electron chi connectivity index (χ1n) is 5.15. The van der Waals surface area contributed by atoms with Gasteiger partial charge in [-0.05, 0) is 31.5 Å². The summed E-state index contributed by atoms with van der Waals surface area (Å²) >= 11 is 0. The molecule has 0 saturated carbocycles. The Morgan fingerprint density at radius 2 is 2.12 bits per heavy atom. The Labute approximate surface area is 94.8 Å². The van der Waals surface area contributed by atoms with Crippen LogP contribution < -0.4 is 4.74 Å². The van der Waals surface area contributed by atoms with E-state index >= 15 is 0 Å². The van der Waals surface area contributed by atoms with Crippen molar-refractivity contribution in [3.63, 3.8) is 0 Å². The maximum absolute atomic E-state index is 13.4. The van der Waals surface area contributed by atoms with Crippen molar-refractivity contribution in [2.45, 2.75) is 19.4 Å². The van der Waals surface area contributed by atoms with Crippen LogP contribution in [0.2, 0.25) is 0 Å². The molecular formula is C12H17FO3. The summed E-state index contributed by atoms with van der Waals surface area (Å²) in [6, 6.07) is 4.38. The highest BCUT2D eigenvalue weighted by molar-refractivity contribution is 5.32. The second-order valence-corrected chi connectivity index (χ2v) is 3.76. The van der Waals surface area contributed by atoms with Crippen LogP contribution in [-0.2, 0) is 10.3 Å². The Hall–Kier alpha value is -1.13. The van der Waals surface area contributed by atoms with Gasteiger partial charge in [0.15, 0.2) is 11.6 Å². The van der Waals surface area contributed by atoms with Crippen molar-refractivity contribution in [2.24, 2.45) is 0 Å². The molecule has 1 atom stereocenters. The van der Waals surface area contributed by atoms with Gasteiger partial charge >= 0.3 is 0 Å². The zero-order chi connectivity index (χ0) is 12.2. The molecule has 0 fully saturated rings. The van der Waals surface area contributed by atoms with E-state index in [0.717, 1.165) is 0 Å². The van der Waals surface area contributed by atoms with Gasteiger partial charge in [0.05, 0.1) is 13.7 Å². The number of rotatable bonds is 5. The largest absolute Gasteiger partial charge is 0.494 e. The third kappa shape index (κ3) is 2.93. The Bertz CT molecular complexity index is 350. The molecule has 0 aliphatic rings. The van der Waals surface area contributed by atoms with Gasteiger partial charge in [0.25, 0.3) is 0 Å². The third-order valence-electron chi connectivity index (χ3n) is 2.36. The van der Waals surface area contributed by atoms with E-state index in [4.69, 9.17) is 9.47 Å². The van der Waals surface area contributed by atoms with Crippen LogP contribution in [0.3, 0.4) is 0 Å². The van der Waals surface area contributed by atoms with Crippen molar-refractivity contribution in [3.8, 4) is 5.75 Å². The summed E-state index contributed by atoms with van der Waals surface area (Å²) in [7, 11) is 1.40. The van der Waals surface area contributed by atoms with Crippen molar-refractivity contribution < 1.29 is 19.0 Å². The van der Waals surface area contributed by atoms with Crippen LogP contribution in [0.15, 0.2) is 18.2 Å². The molecule has 1 aromatic carbocycles. The number of ether oxygens (including phenoxy) is 2. The quantitative estimate of drug-likeness (QED) is 0.838. The van der Waals surface area contributed by atoms with Crippen molar-refractivity contribution in [1.29, 1.82) is 0 Å². The normalized spacial score (nSPS) is 14.6. The molecule has 3 nitrogen and oxygen atoms in total. The van der Waals surface area contributed by atoms with Gasteiger partial charge in [-0.3, -0.25) is 0 Å². The van der Waals surface area contributed by atoms with E-state index in [9.17, 15) is 9.50 Å². The molecule has 0 aliphatic heterocycles. The van der Waals surface area contributed by atoms with Crippen molar-refractivity contribution >= 4 is 0 Å². The van der Waals surface area contributed by atoms with E-state index in [-0.39, 0.29) is 12.4 Å². The molecule has 1 aromatic rings. The van der Waals surface area contributed by atoms with Crippen LogP contribution in [0.5, 0.6) is 5.75 Å². The van der Waals surface area contributed by atoms with Crippen molar-refractivity contribution in [2.75, 3.05) is 20.3 Å². The number of halogens is 1. The molecule has 1 N–H and O–H groups in total. The van der Waals surface area contributed by atoms with Gasteiger partial charge in [0.2, 0.25) is 0 Å². The molecule has 0 spiro atoms. The minimum Gasteiger partial charge on any atom is -0.494 e. The lowest BCUT2D eigenvalue weighted by molar-refractivity contribution is -0.0345. The van der Waals surface area contributed by atoms with Gasteiger partial charge in [0, 0.05) is 6.61 Å². The lowest BCUT2D eigenvalue weighted by atomic mass is 9.97. The van der Waals surface area contributed by atoms with Crippen LogP contribution >= 0.6 is 0 Å². The fourth-order valence-corrected chi connectivity index (χ4v) is 1.39. The summed E-state index contributed by atoms with van der Waals surface area (Å²) in [5.41, 5.74) is -0.720. The lowest BCUT2D eigenvalue weighted by Crippen LogP contribution is -2.28. The van der Waals surface area contributed by atoms with Crippen molar-refractivity contribution in [3.05, 3.63) is 29.6 Å². The molecule has 0 heterocycles. The average Bonchev–Trinajstić information content (AvgIpc) is 2.26. The number of hydrogen-bond acceptors (Lipinski definition) is 3. The van der Waals surface area contributed by atoms with E-state index in [0.29, 0.717) is 12.2 Å². The standard InChI is InChI=1S/C12H17FO3/c1-4-16-8-12(2,14)9-5-6-11(15-3)10(13)7-9/h5-7,14H,4,8H2,1-3H3. The Kier molecular flexibility index (Phi) is 4.26. The number of aliphatic hydroxyl groups is 1. The molecule has 1 unspecified atom stereocenters. The van der Waals surface area contributed by atoms with Crippen LogP contribution in [0.25, 0.3) is 0 Å².